The number of rotatable bonds is 6. The topological polar surface area (TPSA) is 69.6 Å². The molecule has 0 spiro atoms. The quantitative estimate of drug-likeness (QED) is 0.171. The van der Waals surface area contributed by atoms with Crippen molar-refractivity contribution in [3.63, 3.8) is 0 Å². The molecule has 11 aromatic rings. The third-order valence-corrected chi connectivity index (χ3v) is 10.5. The van der Waals surface area contributed by atoms with Gasteiger partial charge >= 0.3 is 0 Å². The number of hydrogen-bond donors (Lipinski definition) is 0. The molecule has 0 atom stereocenters. The summed E-state index contributed by atoms with van der Waals surface area (Å²) in [6.45, 7) is 0. The normalized spacial score (nSPS) is 11.6. The Balaban J connectivity index is 1.14. The zero-order valence-corrected chi connectivity index (χ0v) is 30.0. The fraction of sp³-hybridized carbons (Fsp3) is 0. The minimum absolute atomic E-state index is 0.514. The molecule has 0 saturated carbocycles. The van der Waals surface area contributed by atoms with Crippen LogP contribution in [0.25, 0.3) is 106 Å². The van der Waals surface area contributed by atoms with Gasteiger partial charge in [0.2, 0.25) is 5.95 Å². The third kappa shape index (κ3) is 5.35. The van der Waals surface area contributed by atoms with Crippen molar-refractivity contribution >= 4 is 43.7 Å². The van der Waals surface area contributed by atoms with E-state index in [0.29, 0.717) is 17.6 Å². The average Bonchev–Trinajstić information content (AvgIpc) is 3.83. The first-order valence-electron chi connectivity index (χ1n) is 18.6. The summed E-state index contributed by atoms with van der Waals surface area (Å²) < 4.78 is 8.77. The Morgan fingerprint density at radius 1 is 0.357 bits per heavy atom. The van der Waals surface area contributed by atoms with Crippen LogP contribution in [0, 0.1) is 0 Å². The van der Waals surface area contributed by atoms with E-state index in [1.807, 2.05) is 84.9 Å². The van der Waals surface area contributed by atoms with Crippen molar-refractivity contribution in [3.8, 4) is 62.4 Å². The van der Waals surface area contributed by atoms with Crippen LogP contribution < -0.4 is 0 Å². The number of aromatic nitrogens is 5. The van der Waals surface area contributed by atoms with Crippen LogP contribution in [0.2, 0.25) is 0 Å². The van der Waals surface area contributed by atoms with Gasteiger partial charge in [-0.25, -0.2) is 9.97 Å². The van der Waals surface area contributed by atoms with Gasteiger partial charge in [-0.15, -0.1) is 0 Å². The lowest BCUT2D eigenvalue weighted by molar-refractivity contribution is 0.670. The van der Waals surface area contributed by atoms with Crippen molar-refractivity contribution in [2.45, 2.75) is 0 Å². The second-order valence-corrected chi connectivity index (χ2v) is 13.9. The van der Waals surface area contributed by atoms with Gasteiger partial charge in [-0.2, -0.15) is 9.97 Å². The van der Waals surface area contributed by atoms with Crippen LogP contribution in [-0.2, 0) is 0 Å². The molecule has 0 fully saturated rings. The molecule has 0 unspecified atom stereocenters. The number of para-hydroxylation sites is 2. The van der Waals surface area contributed by atoms with E-state index in [2.05, 4.69) is 108 Å². The van der Waals surface area contributed by atoms with Crippen molar-refractivity contribution in [1.82, 2.24) is 24.5 Å². The molecule has 4 aromatic heterocycles. The third-order valence-electron chi connectivity index (χ3n) is 10.5. The smallest absolute Gasteiger partial charge is 0.238 e. The Labute approximate surface area is 322 Å². The van der Waals surface area contributed by atoms with Gasteiger partial charge in [0.15, 0.2) is 17.2 Å². The first-order valence-corrected chi connectivity index (χ1v) is 18.6. The standard InChI is InChI=1S/C50H31N5O/c1-4-15-32(16-5-1)42-30-37(31-43(51-42)33-17-6-2-7-18-33)35-21-14-22-36(29-35)49-52-48(34-19-8-3-9-20-34)53-50(54-49)55-44-25-12-10-23-38(44)40-27-28-41-39-24-11-13-26-45(39)56-47(41)46(40)55/h1-31H. The lowest BCUT2D eigenvalue weighted by atomic mass is 9.98. The predicted octanol–water partition coefficient (Wildman–Crippen LogP) is 12.6. The first kappa shape index (κ1) is 31.8. The van der Waals surface area contributed by atoms with Crippen LogP contribution in [0.1, 0.15) is 0 Å². The number of hydrogen-bond acceptors (Lipinski definition) is 5. The van der Waals surface area contributed by atoms with Crippen molar-refractivity contribution in [2.24, 2.45) is 0 Å². The van der Waals surface area contributed by atoms with E-state index < -0.39 is 0 Å². The summed E-state index contributed by atoms with van der Waals surface area (Å²) in [5.74, 6) is 1.67. The Bertz CT molecular complexity index is 3190. The van der Waals surface area contributed by atoms with E-state index in [0.717, 1.165) is 88.5 Å². The number of nitrogens with zero attached hydrogens (tertiary/aromatic N) is 5. The maximum absolute atomic E-state index is 6.64. The molecule has 0 saturated heterocycles. The molecule has 56 heavy (non-hydrogen) atoms. The molecule has 0 aliphatic carbocycles. The highest BCUT2D eigenvalue weighted by Gasteiger charge is 2.22. The van der Waals surface area contributed by atoms with Gasteiger partial charge in [0.1, 0.15) is 11.1 Å². The summed E-state index contributed by atoms with van der Waals surface area (Å²) in [4.78, 5) is 20.7. The number of pyridine rings is 1. The first-order chi connectivity index (χ1) is 27.7. The van der Waals surface area contributed by atoms with E-state index in [4.69, 9.17) is 24.4 Å². The second kappa shape index (κ2) is 13.0. The average molecular weight is 718 g/mol. The Morgan fingerprint density at radius 2 is 0.911 bits per heavy atom. The summed E-state index contributed by atoms with van der Waals surface area (Å²) in [6, 6.07) is 64.4. The summed E-state index contributed by atoms with van der Waals surface area (Å²) >= 11 is 0. The Hall–Kier alpha value is -7.70. The van der Waals surface area contributed by atoms with Crippen molar-refractivity contribution in [1.29, 1.82) is 0 Å². The molecule has 0 aliphatic heterocycles. The summed E-state index contributed by atoms with van der Waals surface area (Å²) in [7, 11) is 0. The second-order valence-electron chi connectivity index (χ2n) is 13.9. The van der Waals surface area contributed by atoms with Crippen LogP contribution in [0.15, 0.2) is 192 Å². The number of fused-ring (bicyclic) bond motifs is 7. The predicted molar refractivity (Wildman–Crippen MR) is 226 cm³/mol. The zero-order chi connectivity index (χ0) is 37.0. The van der Waals surface area contributed by atoms with Crippen molar-refractivity contribution in [3.05, 3.63) is 188 Å². The minimum Gasteiger partial charge on any atom is -0.454 e. The number of benzene rings is 7. The highest BCUT2D eigenvalue weighted by molar-refractivity contribution is 6.21. The SMILES string of the molecule is c1ccc(-c2cc(-c3cccc(-c4nc(-c5ccccc5)nc(-n5c6ccccc6c6ccc7c8ccccc8oc7c65)n4)c3)cc(-c3ccccc3)n2)cc1. The molecule has 6 heteroatoms. The lowest BCUT2D eigenvalue weighted by Crippen LogP contribution is -2.06. The van der Waals surface area contributed by atoms with Crippen LogP contribution in [-0.4, -0.2) is 24.5 Å². The zero-order valence-electron chi connectivity index (χ0n) is 30.0. The largest absolute Gasteiger partial charge is 0.454 e. The molecule has 0 N–H and O–H groups in total. The minimum atomic E-state index is 0.514. The van der Waals surface area contributed by atoms with E-state index in [1.165, 1.54) is 0 Å². The fourth-order valence-electron chi connectivity index (χ4n) is 7.80. The highest BCUT2D eigenvalue weighted by Crippen LogP contribution is 2.40. The summed E-state index contributed by atoms with van der Waals surface area (Å²) in [5, 5.41) is 4.28. The van der Waals surface area contributed by atoms with Gasteiger partial charge in [0.05, 0.1) is 16.9 Å². The molecular weight excluding hydrogens is 687 g/mol. The van der Waals surface area contributed by atoms with Crippen LogP contribution in [0.5, 0.6) is 0 Å². The molecule has 4 heterocycles. The molecule has 262 valence electrons. The van der Waals surface area contributed by atoms with Crippen molar-refractivity contribution < 1.29 is 4.42 Å². The van der Waals surface area contributed by atoms with Gasteiger partial charge in [-0.3, -0.25) is 4.57 Å². The van der Waals surface area contributed by atoms with Gasteiger partial charge in [-0.05, 0) is 47.5 Å². The van der Waals surface area contributed by atoms with E-state index >= 15 is 0 Å². The summed E-state index contributed by atoms with van der Waals surface area (Å²) in [6.07, 6.45) is 0. The molecule has 0 amide bonds. The molecule has 0 aliphatic rings. The van der Waals surface area contributed by atoms with Gasteiger partial charge in [0, 0.05) is 43.8 Å². The van der Waals surface area contributed by atoms with Gasteiger partial charge in [0.25, 0.3) is 0 Å². The fourth-order valence-corrected chi connectivity index (χ4v) is 7.80. The Morgan fingerprint density at radius 3 is 1.62 bits per heavy atom. The van der Waals surface area contributed by atoms with Crippen LogP contribution in [0.3, 0.4) is 0 Å². The van der Waals surface area contributed by atoms with Crippen molar-refractivity contribution in [2.75, 3.05) is 0 Å². The number of furan rings is 1. The van der Waals surface area contributed by atoms with Crippen LogP contribution in [0.4, 0.5) is 0 Å². The van der Waals surface area contributed by atoms with E-state index in [1.54, 1.807) is 0 Å². The molecule has 0 bridgehead atoms. The molecular formula is C50H31N5O. The lowest BCUT2D eigenvalue weighted by Gasteiger charge is -2.13. The van der Waals surface area contributed by atoms with E-state index in [9.17, 15) is 0 Å². The molecule has 7 aromatic carbocycles. The summed E-state index contributed by atoms with van der Waals surface area (Å²) in [5.41, 5.74) is 11.3. The maximum Gasteiger partial charge on any atom is 0.238 e. The van der Waals surface area contributed by atoms with E-state index in [-0.39, 0.29) is 0 Å². The molecule has 6 nitrogen and oxygen atoms in total. The highest BCUT2D eigenvalue weighted by atomic mass is 16.3. The van der Waals surface area contributed by atoms with Gasteiger partial charge < -0.3 is 4.42 Å². The van der Waals surface area contributed by atoms with Crippen LogP contribution >= 0.6 is 0 Å². The Kier molecular flexibility index (Phi) is 7.38. The maximum atomic E-state index is 6.64. The monoisotopic (exact) mass is 717 g/mol. The molecule has 0 radical (unpaired) electrons. The van der Waals surface area contributed by atoms with Gasteiger partial charge in [-0.1, -0.05) is 152 Å². The molecule has 11 rings (SSSR count).